The van der Waals surface area contributed by atoms with Gasteiger partial charge in [0.1, 0.15) is 6.04 Å². The van der Waals surface area contributed by atoms with E-state index in [0.29, 0.717) is 23.8 Å². The van der Waals surface area contributed by atoms with Crippen molar-refractivity contribution in [2.45, 2.75) is 71.0 Å². The summed E-state index contributed by atoms with van der Waals surface area (Å²) >= 11 is 0. The zero-order chi connectivity index (χ0) is 31.8. The Morgan fingerprint density at radius 1 is 1.11 bits per heavy atom. The van der Waals surface area contributed by atoms with Gasteiger partial charge in [-0.15, -0.1) is 0 Å². The van der Waals surface area contributed by atoms with E-state index in [0.717, 1.165) is 49.0 Å². The van der Waals surface area contributed by atoms with E-state index >= 15 is 0 Å². The van der Waals surface area contributed by atoms with Crippen molar-refractivity contribution in [2.24, 2.45) is 21.4 Å². The monoisotopic (exact) mass is 624 g/mol. The number of methoxy groups -OCH3 is 1. The van der Waals surface area contributed by atoms with Gasteiger partial charge in [0.2, 0.25) is 10.0 Å². The van der Waals surface area contributed by atoms with Gasteiger partial charge < -0.3 is 15.4 Å². The number of piperidine rings is 1. The first-order chi connectivity index (χ1) is 20.7. The van der Waals surface area contributed by atoms with Crippen LogP contribution in [0.25, 0.3) is 0 Å². The van der Waals surface area contributed by atoms with Gasteiger partial charge in [0.25, 0.3) is 5.91 Å². The molecule has 3 aliphatic rings. The second-order valence-electron chi connectivity index (χ2n) is 13.0. The topological polar surface area (TPSA) is 140 Å². The largest absolute Gasteiger partial charge is 0.492 e. The van der Waals surface area contributed by atoms with Gasteiger partial charge in [0, 0.05) is 23.7 Å². The third-order valence-electron chi connectivity index (χ3n) is 8.59. The minimum Gasteiger partial charge on any atom is -0.492 e. The highest BCUT2D eigenvalue weighted by atomic mass is 32.2. The van der Waals surface area contributed by atoms with E-state index in [4.69, 9.17) is 9.84 Å². The van der Waals surface area contributed by atoms with Crippen molar-refractivity contribution in [1.82, 2.24) is 10.3 Å². The van der Waals surface area contributed by atoms with Crippen LogP contribution in [0.4, 0.5) is 17.1 Å². The van der Waals surface area contributed by atoms with Gasteiger partial charge in [-0.1, -0.05) is 32.1 Å². The molecule has 2 aromatic carbocycles. The molecule has 0 aliphatic carbocycles. The van der Waals surface area contributed by atoms with Crippen LogP contribution >= 0.6 is 0 Å². The number of carbonyl (C=O) groups excluding carboxylic acids is 1. The number of amides is 1. The van der Waals surface area contributed by atoms with Crippen molar-refractivity contribution in [3.63, 3.8) is 0 Å². The van der Waals surface area contributed by atoms with Crippen LogP contribution in [-0.2, 0) is 15.4 Å². The van der Waals surface area contributed by atoms with E-state index in [2.05, 4.69) is 37.6 Å². The first kappa shape index (κ1) is 31.7. The Kier molecular flexibility index (Phi) is 8.90. The molecular formula is C31H44N8O4S. The molecule has 3 atom stereocenters. The van der Waals surface area contributed by atoms with Crippen molar-refractivity contribution in [3.05, 3.63) is 47.0 Å². The lowest BCUT2D eigenvalue weighted by Crippen LogP contribution is -2.46. The van der Waals surface area contributed by atoms with Crippen molar-refractivity contribution in [2.75, 3.05) is 48.0 Å². The first-order valence-electron chi connectivity index (χ1n) is 15.1. The fraction of sp³-hybridized carbons (Fsp3) is 0.548. The van der Waals surface area contributed by atoms with Gasteiger partial charge in [-0.25, -0.2) is 13.4 Å². The fourth-order valence-corrected chi connectivity index (χ4v) is 6.63. The fourth-order valence-electron chi connectivity index (χ4n) is 6.08. The molecule has 1 saturated heterocycles. The van der Waals surface area contributed by atoms with Crippen molar-refractivity contribution < 1.29 is 17.9 Å². The second-order valence-corrected chi connectivity index (χ2v) is 14.7. The number of hydrazone groups is 1. The third-order valence-corrected chi connectivity index (χ3v) is 9.18. The number of hydrogen-bond donors (Lipinski definition) is 3. The van der Waals surface area contributed by atoms with Crippen LogP contribution < -0.4 is 25.1 Å². The molecule has 5 rings (SSSR count). The van der Waals surface area contributed by atoms with Crippen molar-refractivity contribution in [3.8, 4) is 5.75 Å². The highest BCUT2D eigenvalue weighted by molar-refractivity contribution is 7.92. The summed E-state index contributed by atoms with van der Waals surface area (Å²) in [5, 5.41) is 24.4. The Balaban J connectivity index is 1.34. The number of anilines is 3. The normalized spacial score (nSPS) is 22.5. The lowest BCUT2D eigenvalue weighted by atomic mass is 9.86. The van der Waals surface area contributed by atoms with Crippen molar-refractivity contribution >= 4 is 39.2 Å². The summed E-state index contributed by atoms with van der Waals surface area (Å²) in [5.41, 5.74) is 3.34. The van der Waals surface area contributed by atoms with Gasteiger partial charge >= 0.3 is 0 Å². The zero-order valence-electron chi connectivity index (χ0n) is 26.6. The van der Waals surface area contributed by atoms with E-state index in [1.807, 2.05) is 57.1 Å². The van der Waals surface area contributed by atoms with Crippen LogP contribution in [0.5, 0.6) is 5.75 Å². The Morgan fingerprint density at radius 2 is 1.82 bits per heavy atom. The molecule has 44 heavy (non-hydrogen) atoms. The summed E-state index contributed by atoms with van der Waals surface area (Å²) in [5.74, 6) is 0.0247. The first-order valence-corrected chi connectivity index (χ1v) is 17.0. The summed E-state index contributed by atoms with van der Waals surface area (Å²) in [6, 6.07) is 9.66. The van der Waals surface area contributed by atoms with Gasteiger partial charge in [-0.05, 0) is 80.6 Å². The highest BCUT2D eigenvalue weighted by Gasteiger charge is 2.40. The van der Waals surface area contributed by atoms with Crippen LogP contribution in [-0.4, -0.2) is 76.7 Å². The predicted molar refractivity (Wildman–Crippen MR) is 174 cm³/mol. The van der Waals surface area contributed by atoms with Crippen LogP contribution in [0.3, 0.4) is 0 Å². The number of rotatable bonds is 8. The summed E-state index contributed by atoms with van der Waals surface area (Å²) in [6.07, 6.45) is 5.28. The minimum atomic E-state index is -3.59. The third kappa shape index (κ3) is 6.83. The number of sulfonamides is 1. The number of carbonyl (C=O) groups is 1. The van der Waals surface area contributed by atoms with E-state index in [9.17, 15) is 13.2 Å². The Labute approximate surface area is 260 Å². The maximum absolute atomic E-state index is 13.6. The molecule has 0 aromatic heterocycles. The molecule has 0 radical (unpaired) electrons. The number of nitrogens with one attached hydrogen (secondary N) is 3. The van der Waals surface area contributed by atoms with E-state index in [-0.39, 0.29) is 40.8 Å². The molecule has 13 heteroatoms. The highest BCUT2D eigenvalue weighted by Crippen LogP contribution is 2.40. The smallest absolute Gasteiger partial charge is 0.255 e. The molecule has 3 N–H and O–H groups in total. The summed E-state index contributed by atoms with van der Waals surface area (Å²) in [4.78, 5) is 13.6. The minimum absolute atomic E-state index is 0.0393. The molecule has 1 amide bonds. The molecule has 1 fully saturated rings. The summed E-state index contributed by atoms with van der Waals surface area (Å²) in [6.45, 7) is 12.9. The number of hydrogen-bond acceptors (Lipinski definition) is 10. The maximum Gasteiger partial charge on any atom is 0.255 e. The molecule has 12 nitrogen and oxygen atoms in total. The molecule has 0 saturated carbocycles. The van der Waals surface area contributed by atoms with Crippen LogP contribution in [0.2, 0.25) is 0 Å². The van der Waals surface area contributed by atoms with Crippen LogP contribution in [0, 0.1) is 12.8 Å². The lowest BCUT2D eigenvalue weighted by Gasteiger charge is -2.35. The Bertz CT molecular complexity index is 1560. The lowest BCUT2D eigenvalue weighted by molar-refractivity contribution is 0.102. The molecule has 3 unspecified atom stereocenters. The molecule has 3 aliphatic heterocycles. The molecule has 3 heterocycles. The predicted octanol–water partition coefficient (Wildman–Crippen LogP) is 4.54. The average molecular weight is 625 g/mol. The van der Waals surface area contributed by atoms with Crippen molar-refractivity contribution in [1.29, 1.82) is 0 Å². The summed E-state index contributed by atoms with van der Waals surface area (Å²) < 4.78 is 32.3. The van der Waals surface area contributed by atoms with E-state index < -0.39 is 10.0 Å². The molecular weight excluding hydrogens is 580 g/mol. The van der Waals surface area contributed by atoms with Crippen LogP contribution in [0.15, 0.2) is 45.8 Å². The number of ether oxygens (including phenoxy) is 1. The molecule has 0 spiro atoms. The van der Waals surface area contributed by atoms with E-state index in [1.165, 1.54) is 7.11 Å². The molecule has 2 aromatic rings. The van der Waals surface area contributed by atoms with Crippen LogP contribution in [0.1, 0.15) is 62.0 Å². The van der Waals surface area contributed by atoms with Gasteiger partial charge in [-0.3, -0.25) is 14.5 Å². The molecule has 0 bridgehead atoms. The van der Waals surface area contributed by atoms with Gasteiger partial charge in [0.05, 0.1) is 43.0 Å². The van der Waals surface area contributed by atoms with Gasteiger partial charge in [-0.2, -0.15) is 10.2 Å². The SMILES string of the molecule is COc1c(NC(=O)c2ccc(C)c(N3CC(C4C=NN(C5CCNCC5)C4C)N=N3)c2)cc(C(C)(C)C)cc1NS(C)(=O)=O. The Hall–Kier alpha value is -3.71. The average Bonchev–Trinajstić information content (AvgIpc) is 3.59. The maximum atomic E-state index is 13.6. The number of benzene rings is 2. The van der Waals surface area contributed by atoms with E-state index in [1.54, 1.807) is 12.1 Å². The summed E-state index contributed by atoms with van der Waals surface area (Å²) in [7, 11) is -2.15. The number of aryl methyl sites for hydroxylation is 1. The standard InChI is InChI=1S/C31H44N8O4S/c1-19-8-9-21(30(40)34-25-15-22(31(3,4)5)16-26(29(25)43-6)36-44(7,41)42)14-28(19)38-18-27(35-37-38)24-17-33-39(20(24)2)23-10-12-32-13-11-23/h8-9,14-17,20,23-24,27,32,36H,10-13,18H2,1-7H3,(H,34,40). The zero-order valence-corrected chi connectivity index (χ0v) is 27.4. The Morgan fingerprint density at radius 3 is 2.48 bits per heavy atom. The quantitative estimate of drug-likeness (QED) is 0.392. The van der Waals surface area contributed by atoms with Gasteiger partial charge in [0.15, 0.2) is 5.75 Å². The second kappa shape index (κ2) is 12.4. The molecule has 238 valence electrons. The number of nitrogens with zero attached hydrogens (tertiary/aromatic N) is 5.